The summed E-state index contributed by atoms with van der Waals surface area (Å²) in [5.74, 6) is 2.75. The molecule has 1 heterocycles. The number of nitrogens with one attached hydrogen (secondary N) is 1. The van der Waals surface area contributed by atoms with Crippen LogP contribution in [0, 0.1) is 17.8 Å². The van der Waals surface area contributed by atoms with E-state index in [2.05, 4.69) is 24.1 Å². The molecule has 1 saturated heterocycles. The molecule has 0 aromatic carbocycles. The van der Waals surface area contributed by atoms with E-state index in [9.17, 15) is 0 Å². The summed E-state index contributed by atoms with van der Waals surface area (Å²) < 4.78 is 0. The summed E-state index contributed by atoms with van der Waals surface area (Å²) in [5.41, 5.74) is 0. The minimum absolute atomic E-state index is 0.785. The maximum absolute atomic E-state index is 3.62. The molecule has 0 amide bonds. The predicted molar refractivity (Wildman–Crippen MR) is 78.8 cm³/mol. The molecule has 2 rings (SSSR count). The van der Waals surface area contributed by atoms with Crippen LogP contribution in [0.4, 0.5) is 0 Å². The molecule has 1 aliphatic carbocycles. The molecule has 1 N–H and O–H groups in total. The summed E-state index contributed by atoms with van der Waals surface area (Å²) in [6.07, 6.45) is 8.79. The number of piperidine rings is 1. The Morgan fingerprint density at radius 3 is 2.28 bits per heavy atom. The van der Waals surface area contributed by atoms with Crippen molar-refractivity contribution in [1.82, 2.24) is 10.2 Å². The van der Waals surface area contributed by atoms with Crippen LogP contribution >= 0.6 is 0 Å². The van der Waals surface area contributed by atoms with E-state index in [1.54, 1.807) is 0 Å². The third kappa shape index (κ3) is 4.89. The standard InChI is InChI=1S/C16H32N2/c1-14(2)11-17-12-15-7-9-18(10-8-15)13-16-5-3-4-6-16/h14-17H,3-13H2,1-2H3. The molecule has 0 bridgehead atoms. The highest BCUT2D eigenvalue weighted by atomic mass is 15.1. The van der Waals surface area contributed by atoms with Crippen LogP contribution in [0.15, 0.2) is 0 Å². The van der Waals surface area contributed by atoms with Crippen LogP contribution in [0.5, 0.6) is 0 Å². The highest BCUT2D eigenvalue weighted by Crippen LogP contribution is 2.27. The van der Waals surface area contributed by atoms with E-state index in [0.29, 0.717) is 0 Å². The Balaban J connectivity index is 1.56. The first-order valence-corrected chi connectivity index (χ1v) is 8.17. The first-order chi connectivity index (χ1) is 8.74. The minimum atomic E-state index is 0.785. The second kappa shape index (κ2) is 7.49. The first-order valence-electron chi connectivity index (χ1n) is 8.17. The maximum atomic E-state index is 3.62. The van der Waals surface area contributed by atoms with E-state index < -0.39 is 0 Å². The second-order valence-electron chi connectivity index (χ2n) is 6.95. The zero-order chi connectivity index (χ0) is 12.8. The second-order valence-corrected chi connectivity index (χ2v) is 6.95. The lowest BCUT2D eigenvalue weighted by atomic mass is 9.95. The van der Waals surface area contributed by atoms with Crippen molar-refractivity contribution in [3.8, 4) is 0 Å². The van der Waals surface area contributed by atoms with E-state index in [1.165, 1.54) is 71.2 Å². The fourth-order valence-corrected chi connectivity index (χ4v) is 3.51. The lowest BCUT2D eigenvalue weighted by Gasteiger charge is -2.33. The van der Waals surface area contributed by atoms with Gasteiger partial charge in [0.2, 0.25) is 0 Å². The van der Waals surface area contributed by atoms with Gasteiger partial charge in [-0.3, -0.25) is 0 Å². The maximum Gasteiger partial charge on any atom is 0.000966 e. The Morgan fingerprint density at radius 2 is 1.67 bits per heavy atom. The molecule has 0 spiro atoms. The van der Waals surface area contributed by atoms with E-state index in [0.717, 1.165) is 17.8 Å². The summed E-state index contributed by atoms with van der Waals surface area (Å²) >= 11 is 0. The Hall–Kier alpha value is -0.0800. The highest BCUT2D eigenvalue weighted by molar-refractivity contribution is 4.77. The van der Waals surface area contributed by atoms with E-state index >= 15 is 0 Å². The Kier molecular flexibility index (Phi) is 5.97. The molecule has 106 valence electrons. The lowest BCUT2D eigenvalue weighted by molar-refractivity contribution is 0.159. The van der Waals surface area contributed by atoms with Crippen molar-refractivity contribution in [2.24, 2.45) is 17.8 Å². The van der Waals surface area contributed by atoms with Gasteiger partial charge in [0, 0.05) is 6.54 Å². The lowest BCUT2D eigenvalue weighted by Crippen LogP contribution is -2.39. The van der Waals surface area contributed by atoms with Gasteiger partial charge in [0.15, 0.2) is 0 Å². The van der Waals surface area contributed by atoms with Crippen molar-refractivity contribution in [3.63, 3.8) is 0 Å². The van der Waals surface area contributed by atoms with E-state index in [-0.39, 0.29) is 0 Å². The third-order valence-corrected chi connectivity index (χ3v) is 4.68. The molecule has 2 heteroatoms. The van der Waals surface area contributed by atoms with E-state index in [1.807, 2.05) is 0 Å². The Labute approximate surface area is 114 Å². The van der Waals surface area contributed by atoms with Crippen molar-refractivity contribution in [2.45, 2.75) is 52.4 Å². The molecular weight excluding hydrogens is 220 g/mol. The molecule has 18 heavy (non-hydrogen) atoms. The molecular formula is C16H32N2. The average Bonchev–Trinajstić information content (AvgIpc) is 2.84. The SMILES string of the molecule is CC(C)CNCC1CCN(CC2CCCC2)CC1. The van der Waals surface area contributed by atoms with Crippen LogP contribution in [-0.4, -0.2) is 37.6 Å². The Morgan fingerprint density at radius 1 is 1.00 bits per heavy atom. The minimum Gasteiger partial charge on any atom is -0.316 e. The molecule has 2 nitrogen and oxygen atoms in total. The van der Waals surface area contributed by atoms with Crippen LogP contribution in [0.25, 0.3) is 0 Å². The summed E-state index contributed by atoms with van der Waals surface area (Å²) in [4.78, 5) is 2.73. The van der Waals surface area contributed by atoms with Crippen LogP contribution in [0.2, 0.25) is 0 Å². The number of hydrogen-bond donors (Lipinski definition) is 1. The molecule has 1 aliphatic heterocycles. The van der Waals surface area contributed by atoms with Gasteiger partial charge in [-0.25, -0.2) is 0 Å². The van der Waals surface area contributed by atoms with Gasteiger partial charge in [-0.15, -0.1) is 0 Å². The molecule has 0 aromatic rings. The van der Waals surface area contributed by atoms with Gasteiger partial charge in [-0.1, -0.05) is 26.7 Å². The summed E-state index contributed by atoms with van der Waals surface area (Å²) in [6.45, 7) is 11.1. The number of likely N-dealkylation sites (tertiary alicyclic amines) is 1. The van der Waals surface area contributed by atoms with Gasteiger partial charge in [0.1, 0.15) is 0 Å². The quantitative estimate of drug-likeness (QED) is 0.781. The van der Waals surface area contributed by atoms with Gasteiger partial charge >= 0.3 is 0 Å². The van der Waals surface area contributed by atoms with Crippen LogP contribution < -0.4 is 5.32 Å². The predicted octanol–water partition coefficient (Wildman–Crippen LogP) is 3.13. The normalized spacial score (nSPS) is 24.2. The molecule has 0 aromatic heterocycles. The van der Waals surface area contributed by atoms with Crippen molar-refractivity contribution >= 4 is 0 Å². The monoisotopic (exact) mass is 252 g/mol. The fourth-order valence-electron chi connectivity index (χ4n) is 3.51. The largest absolute Gasteiger partial charge is 0.316 e. The van der Waals surface area contributed by atoms with Crippen molar-refractivity contribution in [3.05, 3.63) is 0 Å². The highest BCUT2D eigenvalue weighted by Gasteiger charge is 2.23. The molecule has 0 radical (unpaired) electrons. The van der Waals surface area contributed by atoms with Crippen LogP contribution in [0.3, 0.4) is 0 Å². The number of nitrogens with zero attached hydrogens (tertiary/aromatic N) is 1. The Bertz CT molecular complexity index is 213. The molecule has 1 saturated carbocycles. The summed E-state index contributed by atoms with van der Waals surface area (Å²) in [5, 5.41) is 3.62. The van der Waals surface area contributed by atoms with Crippen molar-refractivity contribution in [1.29, 1.82) is 0 Å². The molecule has 2 fully saturated rings. The van der Waals surface area contributed by atoms with Crippen molar-refractivity contribution < 1.29 is 0 Å². The molecule has 0 unspecified atom stereocenters. The van der Waals surface area contributed by atoms with Crippen LogP contribution in [0.1, 0.15) is 52.4 Å². The molecule has 2 aliphatic rings. The fraction of sp³-hybridized carbons (Fsp3) is 1.00. The van der Waals surface area contributed by atoms with Gasteiger partial charge < -0.3 is 10.2 Å². The van der Waals surface area contributed by atoms with E-state index in [4.69, 9.17) is 0 Å². The molecule has 0 atom stereocenters. The summed E-state index contributed by atoms with van der Waals surface area (Å²) in [7, 11) is 0. The smallest absolute Gasteiger partial charge is 0.000966 e. The first kappa shape index (κ1) is 14.3. The van der Waals surface area contributed by atoms with Gasteiger partial charge in [-0.2, -0.15) is 0 Å². The van der Waals surface area contributed by atoms with Crippen molar-refractivity contribution in [2.75, 3.05) is 32.7 Å². The van der Waals surface area contributed by atoms with Gasteiger partial charge in [0.05, 0.1) is 0 Å². The number of rotatable bonds is 6. The topological polar surface area (TPSA) is 15.3 Å². The van der Waals surface area contributed by atoms with Crippen LogP contribution in [-0.2, 0) is 0 Å². The number of hydrogen-bond acceptors (Lipinski definition) is 2. The average molecular weight is 252 g/mol. The summed E-state index contributed by atoms with van der Waals surface area (Å²) in [6, 6.07) is 0. The van der Waals surface area contributed by atoms with Gasteiger partial charge in [0.25, 0.3) is 0 Å². The zero-order valence-electron chi connectivity index (χ0n) is 12.5. The zero-order valence-corrected chi connectivity index (χ0v) is 12.5. The van der Waals surface area contributed by atoms with Gasteiger partial charge in [-0.05, 0) is 69.6 Å². The third-order valence-electron chi connectivity index (χ3n) is 4.68.